The number of benzene rings is 1. The van der Waals surface area contributed by atoms with E-state index in [1.165, 1.54) is 11.1 Å². The van der Waals surface area contributed by atoms with Gasteiger partial charge in [0.05, 0.1) is 7.11 Å². The number of methoxy groups -OCH3 is 1. The van der Waals surface area contributed by atoms with Gasteiger partial charge in [0.2, 0.25) is 0 Å². The zero-order valence-electron chi connectivity index (χ0n) is 12.2. The molecule has 20 heavy (non-hydrogen) atoms. The molecule has 0 bridgehead atoms. The zero-order chi connectivity index (χ0) is 14.5. The van der Waals surface area contributed by atoms with Gasteiger partial charge in [-0.15, -0.1) is 0 Å². The van der Waals surface area contributed by atoms with Crippen LogP contribution in [0.15, 0.2) is 18.2 Å². The standard InChI is InChI=1S/C16H23NO3/c1-3-4-15(16(18)19)17-13-7-5-12-10-14(20-2)8-6-11(12)9-13/h6,8,10,13,15,17H,3-5,7,9H2,1-2H3,(H,18,19)/t13-,15?/m0/s1. The number of fused-ring (bicyclic) bond motifs is 1. The van der Waals surface area contributed by atoms with Crippen molar-refractivity contribution in [2.45, 2.75) is 51.1 Å². The van der Waals surface area contributed by atoms with E-state index in [1.807, 2.05) is 13.0 Å². The molecule has 110 valence electrons. The number of nitrogens with one attached hydrogen (secondary N) is 1. The van der Waals surface area contributed by atoms with Crippen LogP contribution >= 0.6 is 0 Å². The van der Waals surface area contributed by atoms with E-state index < -0.39 is 12.0 Å². The van der Waals surface area contributed by atoms with Crippen LogP contribution in [-0.4, -0.2) is 30.3 Å². The minimum atomic E-state index is -0.743. The lowest BCUT2D eigenvalue weighted by Crippen LogP contribution is -2.45. The molecule has 0 fully saturated rings. The van der Waals surface area contributed by atoms with Gasteiger partial charge in [0.15, 0.2) is 0 Å². The van der Waals surface area contributed by atoms with E-state index in [0.29, 0.717) is 6.42 Å². The molecule has 0 saturated carbocycles. The molecule has 4 heteroatoms. The molecule has 0 heterocycles. The van der Waals surface area contributed by atoms with Gasteiger partial charge in [-0.25, -0.2) is 0 Å². The highest BCUT2D eigenvalue weighted by atomic mass is 16.5. The van der Waals surface area contributed by atoms with Gasteiger partial charge in [-0.1, -0.05) is 19.4 Å². The second-order valence-electron chi connectivity index (χ2n) is 5.42. The molecular weight excluding hydrogens is 254 g/mol. The molecule has 0 spiro atoms. The summed E-state index contributed by atoms with van der Waals surface area (Å²) >= 11 is 0. The van der Waals surface area contributed by atoms with Gasteiger partial charge in [0.1, 0.15) is 11.8 Å². The largest absolute Gasteiger partial charge is 0.497 e. The molecule has 1 aromatic carbocycles. The molecule has 4 nitrogen and oxygen atoms in total. The first-order chi connectivity index (χ1) is 9.63. The van der Waals surface area contributed by atoms with Crippen LogP contribution in [0.3, 0.4) is 0 Å². The first kappa shape index (κ1) is 14.9. The van der Waals surface area contributed by atoms with Crippen molar-refractivity contribution in [2.75, 3.05) is 7.11 Å². The maximum absolute atomic E-state index is 11.2. The molecule has 2 atom stereocenters. The average molecular weight is 277 g/mol. The Labute approximate surface area is 120 Å². The van der Waals surface area contributed by atoms with Crippen molar-refractivity contribution < 1.29 is 14.6 Å². The number of hydrogen-bond acceptors (Lipinski definition) is 3. The summed E-state index contributed by atoms with van der Waals surface area (Å²) in [6.45, 7) is 2.01. The van der Waals surface area contributed by atoms with Gasteiger partial charge in [0, 0.05) is 6.04 Å². The topological polar surface area (TPSA) is 58.6 Å². The van der Waals surface area contributed by atoms with Crippen LogP contribution in [0.1, 0.15) is 37.3 Å². The van der Waals surface area contributed by atoms with Crippen molar-refractivity contribution in [1.82, 2.24) is 5.32 Å². The summed E-state index contributed by atoms with van der Waals surface area (Å²) in [5.74, 6) is 0.150. The Hall–Kier alpha value is -1.55. The summed E-state index contributed by atoms with van der Waals surface area (Å²) in [5, 5.41) is 12.5. The van der Waals surface area contributed by atoms with Crippen molar-refractivity contribution in [1.29, 1.82) is 0 Å². The maximum atomic E-state index is 11.2. The van der Waals surface area contributed by atoms with Crippen molar-refractivity contribution in [2.24, 2.45) is 0 Å². The van der Waals surface area contributed by atoms with Crippen molar-refractivity contribution in [3.05, 3.63) is 29.3 Å². The van der Waals surface area contributed by atoms with Gasteiger partial charge in [-0.05, 0) is 48.9 Å². The zero-order valence-corrected chi connectivity index (χ0v) is 12.2. The number of carbonyl (C=O) groups is 1. The van der Waals surface area contributed by atoms with Crippen molar-refractivity contribution in [3.63, 3.8) is 0 Å². The number of ether oxygens (including phenoxy) is 1. The summed E-state index contributed by atoms with van der Waals surface area (Å²) in [7, 11) is 1.68. The highest BCUT2D eigenvalue weighted by Crippen LogP contribution is 2.25. The second kappa shape index (κ2) is 6.75. The maximum Gasteiger partial charge on any atom is 0.320 e. The van der Waals surface area contributed by atoms with Crippen LogP contribution in [0, 0.1) is 0 Å². The normalized spacial score (nSPS) is 19.2. The molecule has 1 aliphatic rings. The lowest BCUT2D eigenvalue weighted by Gasteiger charge is -2.28. The summed E-state index contributed by atoms with van der Waals surface area (Å²) in [6, 6.07) is 5.99. The van der Waals surface area contributed by atoms with E-state index in [-0.39, 0.29) is 6.04 Å². The van der Waals surface area contributed by atoms with Crippen molar-refractivity contribution >= 4 is 5.97 Å². The first-order valence-corrected chi connectivity index (χ1v) is 7.28. The van der Waals surface area contributed by atoms with Gasteiger partial charge < -0.3 is 15.2 Å². The summed E-state index contributed by atoms with van der Waals surface area (Å²) in [4.78, 5) is 11.2. The van der Waals surface area contributed by atoms with Gasteiger partial charge in [0.25, 0.3) is 0 Å². The second-order valence-corrected chi connectivity index (χ2v) is 5.42. The summed E-state index contributed by atoms with van der Waals surface area (Å²) in [5.41, 5.74) is 2.62. The van der Waals surface area contributed by atoms with Crippen LogP contribution in [0.25, 0.3) is 0 Å². The third kappa shape index (κ3) is 3.51. The molecule has 0 aliphatic heterocycles. The molecule has 0 aromatic heterocycles. The molecule has 0 saturated heterocycles. The molecule has 1 unspecified atom stereocenters. The Morgan fingerprint density at radius 3 is 2.95 bits per heavy atom. The minimum absolute atomic E-state index is 0.253. The Kier molecular flexibility index (Phi) is 5.01. The summed E-state index contributed by atoms with van der Waals surface area (Å²) < 4.78 is 5.24. The Bertz CT molecular complexity index is 473. The van der Waals surface area contributed by atoms with Crippen LogP contribution < -0.4 is 10.1 Å². The Morgan fingerprint density at radius 1 is 1.50 bits per heavy atom. The number of aryl methyl sites for hydroxylation is 1. The SMILES string of the molecule is CCCC(N[C@H]1CCc2cc(OC)ccc2C1)C(=O)O. The minimum Gasteiger partial charge on any atom is -0.497 e. The number of rotatable bonds is 6. The quantitative estimate of drug-likeness (QED) is 0.838. The molecule has 2 N–H and O–H groups in total. The number of carboxylic acids is 1. The van der Waals surface area contributed by atoms with E-state index in [9.17, 15) is 9.90 Å². The van der Waals surface area contributed by atoms with Gasteiger partial charge >= 0.3 is 5.97 Å². The molecule has 0 amide bonds. The predicted molar refractivity (Wildman–Crippen MR) is 78.3 cm³/mol. The van der Waals surface area contributed by atoms with Crippen LogP contribution in [0.5, 0.6) is 5.75 Å². The predicted octanol–water partition coefficient (Wildman–Crippen LogP) is 2.40. The smallest absolute Gasteiger partial charge is 0.320 e. The van der Waals surface area contributed by atoms with E-state index in [2.05, 4.69) is 17.4 Å². The number of hydrogen-bond donors (Lipinski definition) is 2. The van der Waals surface area contributed by atoms with Gasteiger partial charge in [-0.3, -0.25) is 4.79 Å². The van der Waals surface area contributed by atoms with Crippen LogP contribution in [-0.2, 0) is 17.6 Å². The first-order valence-electron chi connectivity index (χ1n) is 7.28. The van der Waals surface area contributed by atoms with Gasteiger partial charge in [-0.2, -0.15) is 0 Å². The van der Waals surface area contributed by atoms with Crippen molar-refractivity contribution in [3.8, 4) is 5.75 Å². The lowest BCUT2D eigenvalue weighted by atomic mass is 9.87. The fourth-order valence-corrected chi connectivity index (χ4v) is 2.85. The fourth-order valence-electron chi connectivity index (χ4n) is 2.85. The summed E-state index contributed by atoms with van der Waals surface area (Å²) in [6.07, 6.45) is 4.41. The highest BCUT2D eigenvalue weighted by Gasteiger charge is 2.24. The highest BCUT2D eigenvalue weighted by molar-refractivity contribution is 5.73. The Morgan fingerprint density at radius 2 is 2.30 bits per heavy atom. The lowest BCUT2D eigenvalue weighted by molar-refractivity contribution is -0.139. The van der Waals surface area contributed by atoms with Crippen LogP contribution in [0.2, 0.25) is 0 Å². The molecule has 1 aliphatic carbocycles. The number of carboxylic acid groups (broad SMARTS) is 1. The van der Waals surface area contributed by atoms with E-state index in [0.717, 1.165) is 31.4 Å². The fraction of sp³-hybridized carbons (Fsp3) is 0.562. The molecular formula is C16H23NO3. The molecule has 1 aromatic rings. The van der Waals surface area contributed by atoms with E-state index in [4.69, 9.17) is 4.74 Å². The van der Waals surface area contributed by atoms with E-state index >= 15 is 0 Å². The third-order valence-electron chi connectivity index (χ3n) is 3.95. The van der Waals surface area contributed by atoms with E-state index in [1.54, 1.807) is 7.11 Å². The third-order valence-corrected chi connectivity index (χ3v) is 3.95. The molecule has 0 radical (unpaired) electrons. The monoisotopic (exact) mass is 277 g/mol. The number of aliphatic carboxylic acids is 1. The van der Waals surface area contributed by atoms with Crippen LogP contribution in [0.4, 0.5) is 0 Å². The Balaban J connectivity index is 2.01. The molecule has 2 rings (SSSR count). The average Bonchev–Trinajstić information content (AvgIpc) is 2.46.